The number of amides is 2. The van der Waals surface area contributed by atoms with E-state index in [1.807, 2.05) is 12.3 Å². The van der Waals surface area contributed by atoms with Crippen molar-refractivity contribution in [2.45, 2.75) is 13.0 Å². The molecule has 4 nitrogen and oxygen atoms in total. The maximum absolute atomic E-state index is 11.2. The highest BCUT2D eigenvalue weighted by atomic mass is 32.1. The summed E-state index contributed by atoms with van der Waals surface area (Å²) in [5.41, 5.74) is 0.772. The zero-order chi connectivity index (χ0) is 9.42. The van der Waals surface area contributed by atoms with E-state index >= 15 is 0 Å². The number of nitrogens with one attached hydrogen (secondary N) is 1. The first-order valence-electron chi connectivity index (χ1n) is 3.74. The van der Waals surface area contributed by atoms with Crippen molar-refractivity contribution in [1.29, 1.82) is 0 Å². The van der Waals surface area contributed by atoms with Gasteiger partial charge in [0.25, 0.3) is 5.91 Å². The van der Waals surface area contributed by atoms with Gasteiger partial charge in [0.05, 0.1) is 0 Å². The number of hydrogen-bond donors (Lipinski definition) is 1. The summed E-state index contributed by atoms with van der Waals surface area (Å²) in [6.07, 6.45) is -1.42. The fourth-order valence-corrected chi connectivity index (χ4v) is 1.96. The van der Waals surface area contributed by atoms with Gasteiger partial charge in [-0.25, -0.2) is 4.79 Å². The lowest BCUT2D eigenvalue weighted by atomic mass is 10.1. The summed E-state index contributed by atoms with van der Waals surface area (Å²) >= 11 is 1.52. The standard InChI is InChI=1S/C8H7NO3S/c1-4-5(2-3-13-4)6-7(10)9-8(11)12-6/h2-3,6H,1H3,(H,9,10,11). The zero-order valence-electron chi connectivity index (χ0n) is 6.87. The van der Waals surface area contributed by atoms with Gasteiger partial charge in [-0.15, -0.1) is 11.3 Å². The van der Waals surface area contributed by atoms with Gasteiger partial charge in [-0.05, 0) is 18.4 Å². The van der Waals surface area contributed by atoms with E-state index in [2.05, 4.69) is 5.32 Å². The van der Waals surface area contributed by atoms with Crippen LogP contribution in [0.3, 0.4) is 0 Å². The van der Waals surface area contributed by atoms with Gasteiger partial charge in [-0.3, -0.25) is 10.1 Å². The Morgan fingerprint density at radius 3 is 2.77 bits per heavy atom. The topological polar surface area (TPSA) is 55.4 Å². The molecule has 1 saturated heterocycles. The van der Waals surface area contributed by atoms with Gasteiger partial charge >= 0.3 is 6.09 Å². The van der Waals surface area contributed by atoms with Crippen molar-refractivity contribution in [3.63, 3.8) is 0 Å². The van der Waals surface area contributed by atoms with Crippen molar-refractivity contribution in [3.05, 3.63) is 21.9 Å². The molecule has 0 saturated carbocycles. The van der Waals surface area contributed by atoms with Crippen molar-refractivity contribution in [2.75, 3.05) is 0 Å². The van der Waals surface area contributed by atoms with Crippen molar-refractivity contribution < 1.29 is 14.3 Å². The van der Waals surface area contributed by atoms with Crippen molar-refractivity contribution in [2.24, 2.45) is 0 Å². The SMILES string of the molecule is Cc1sccc1C1OC(=O)NC1=O. The van der Waals surface area contributed by atoms with Gasteiger partial charge in [0.1, 0.15) is 0 Å². The maximum Gasteiger partial charge on any atom is 0.415 e. The molecule has 1 aliphatic rings. The Hall–Kier alpha value is -1.36. The predicted octanol–water partition coefficient (Wildman–Crippen LogP) is 1.36. The van der Waals surface area contributed by atoms with Crippen LogP contribution in [0, 0.1) is 6.92 Å². The van der Waals surface area contributed by atoms with Gasteiger partial charge < -0.3 is 4.74 Å². The molecule has 5 heteroatoms. The number of rotatable bonds is 1. The summed E-state index contributed by atoms with van der Waals surface area (Å²) in [6, 6.07) is 1.79. The fourth-order valence-electron chi connectivity index (χ4n) is 1.23. The van der Waals surface area contributed by atoms with E-state index in [0.717, 1.165) is 10.4 Å². The average Bonchev–Trinajstić information content (AvgIpc) is 2.58. The average molecular weight is 197 g/mol. The highest BCUT2D eigenvalue weighted by Crippen LogP contribution is 2.27. The Bertz CT molecular complexity index is 371. The monoisotopic (exact) mass is 197 g/mol. The van der Waals surface area contributed by atoms with Gasteiger partial charge in [-0.1, -0.05) is 0 Å². The molecule has 0 bridgehead atoms. The molecule has 2 heterocycles. The van der Waals surface area contributed by atoms with Gasteiger partial charge in [0.15, 0.2) is 0 Å². The summed E-state index contributed by atoms with van der Waals surface area (Å²) < 4.78 is 4.81. The van der Waals surface area contributed by atoms with Crippen LogP contribution in [-0.4, -0.2) is 12.0 Å². The smallest absolute Gasteiger partial charge is 0.415 e. The number of carbonyl (C=O) groups is 2. The van der Waals surface area contributed by atoms with E-state index in [4.69, 9.17) is 4.74 Å². The molecular formula is C8H7NO3S. The van der Waals surface area contributed by atoms with Gasteiger partial charge in [0, 0.05) is 10.4 Å². The molecule has 2 rings (SSSR count). The van der Waals surface area contributed by atoms with Crippen molar-refractivity contribution >= 4 is 23.3 Å². The van der Waals surface area contributed by atoms with Gasteiger partial charge in [0.2, 0.25) is 6.10 Å². The summed E-state index contributed by atoms with van der Waals surface area (Å²) in [5, 5.41) is 3.95. The molecular weight excluding hydrogens is 190 g/mol. The molecule has 1 aromatic heterocycles. The van der Waals surface area contributed by atoms with Crippen LogP contribution in [0.2, 0.25) is 0 Å². The Morgan fingerprint density at radius 1 is 1.54 bits per heavy atom. The minimum absolute atomic E-state index is 0.383. The van der Waals surface area contributed by atoms with Gasteiger partial charge in [-0.2, -0.15) is 0 Å². The summed E-state index contributed by atoms with van der Waals surface area (Å²) in [7, 11) is 0. The lowest BCUT2D eigenvalue weighted by Gasteiger charge is -2.04. The van der Waals surface area contributed by atoms with Crippen LogP contribution in [0.5, 0.6) is 0 Å². The zero-order valence-corrected chi connectivity index (χ0v) is 7.68. The highest BCUT2D eigenvalue weighted by molar-refractivity contribution is 7.10. The number of aryl methyl sites for hydroxylation is 1. The fraction of sp³-hybridized carbons (Fsp3) is 0.250. The van der Waals surface area contributed by atoms with Crippen molar-refractivity contribution in [1.82, 2.24) is 5.32 Å². The first-order chi connectivity index (χ1) is 6.18. The Kier molecular flexibility index (Phi) is 1.81. The van der Waals surface area contributed by atoms with Crippen LogP contribution in [0.25, 0.3) is 0 Å². The lowest BCUT2D eigenvalue weighted by Crippen LogP contribution is -2.20. The lowest BCUT2D eigenvalue weighted by molar-refractivity contribution is -0.123. The number of ether oxygens (including phenoxy) is 1. The molecule has 0 aliphatic carbocycles. The van der Waals surface area contributed by atoms with Crippen molar-refractivity contribution in [3.8, 4) is 0 Å². The third-order valence-corrected chi connectivity index (χ3v) is 2.73. The Balaban J connectivity index is 2.32. The number of carbonyl (C=O) groups excluding carboxylic acids is 2. The predicted molar refractivity (Wildman–Crippen MR) is 46.4 cm³/mol. The highest BCUT2D eigenvalue weighted by Gasteiger charge is 2.34. The van der Waals surface area contributed by atoms with Crippen LogP contribution in [0.4, 0.5) is 4.79 Å². The third-order valence-electron chi connectivity index (χ3n) is 1.87. The van der Waals surface area contributed by atoms with E-state index in [1.165, 1.54) is 11.3 Å². The summed E-state index contributed by atoms with van der Waals surface area (Å²) in [4.78, 5) is 22.9. The largest absolute Gasteiger partial charge is 0.431 e. The van der Waals surface area contributed by atoms with E-state index in [1.54, 1.807) is 6.07 Å². The van der Waals surface area contributed by atoms with E-state index in [-0.39, 0.29) is 5.91 Å². The third kappa shape index (κ3) is 1.31. The molecule has 1 aliphatic heterocycles. The van der Waals surface area contributed by atoms with E-state index in [9.17, 15) is 9.59 Å². The number of thiophene rings is 1. The molecule has 0 radical (unpaired) electrons. The Morgan fingerprint density at radius 2 is 2.31 bits per heavy atom. The first kappa shape index (κ1) is 8.25. The van der Waals surface area contributed by atoms with Crippen LogP contribution < -0.4 is 5.32 Å². The van der Waals surface area contributed by atoms with Crippen LogP contribution in [-0.2, 0) is 9.53 Å². The minimum Gasteiger partial charge on any atom is -0.431 e. The molecule has 1 N–H and O–H groups in total. The maximum atomic E-state index is 11.2. The molecule has 1 unspecified atom stereocenters. The molecule has 1 fully saturated rings. The molecule has 1 atom stereocenters. The summed E-state index contributed by atoms with van der Waals surface area (Å²) in [6.45, 7) is 1.89. The quantitative estimate of drug-likeness (QED) is 0.739. The number of cyclic esters (lactones) is 1. The second-order valence-corrected chi connectivity index (χ2v) is 3.83. The van der Waals surface area contributed by atoms with E-state index < -0.39 is 12.2 Å². The van der Waals surface area contributed by atoms with Crippen LogP contribution in [0.1, 0.15) is 16.5 Å². The molecule has 0 spiro atoms. The summed E-state index contributed by atoms with van der Waals surface area (Å²) in [5.74, 6) is -0.383. The molecule has 68 valence electrons. The number of hydrogen-bond acceptors (Lipinski definition) is 4. The number of imide groups is 1. The number of alkyl carbamates (subject to hydrolysis) is 1. The molecule has 13 heavy (non-hydrogen) atoms. The van der Waals surface area contributed by atoms with Crippen LogP contribution >= 0.6 is 11.3 Å². The second kappa shape index (κ2) is 2.85. The molecule has 2 amide bonds. The molecule has 0 aromatic carbocycles. The normalized spacial score (nSPS) is 21.5. The Labute approximate surface area is 78.5 Å². The van der Waals surface area contributed by atoms with E-state index in [0.29, 0.717) is 0 Å². The molecule has 1 aromatic rings. The van der Waals surface area contributed by atoms with Crippen LogP contribution in [0.15, 0.2) is 11.4 Å². The second-order valence-electron chi connectivity index (χ2n) is 2.71. The first-order valence-corrected chi connectivity index (χ1v) is 4.62. The minimum atomic E-state index is -0.751.